The van der Waals surface area contributed by atoms with Crippen LogP contribution in [0.3, 0.4) is 0 Å². The van der Waals surface area contributed by atoms with Crippen molar-refractivity contribution in [1.82, 2.24) is 30.3 Å². The Labute approximate surface area is 161 Å². The van der Waals surface area contributed by atoms with Gasteiger partial charge < -0.3 is 25.0 Å². The van der Waals surface area contributed by atoms with Crippen molar-refractivity contribution in [3.63, 3.8) is 0 Å². The van der Waals surface area contributed by atoms with Gasteiger partial charge in [0.1, 0.15) is 12.4 Å². The third kappa shape index (κ3) is 5.88. The van der Waals surface area contributed by atoms with Crippen molar-refractivity contribution < 1.29 is 9.84 Å². The average molecular weight is 380 g/mol. The average Bonchev–Trinajstić information content (AvgIpc) is 3.08. The number of aliphatic hydroxyl groups is 1. The minimum Gasteiger partial charge on any atom is -0.387 e. The molecule has 1 aromatic heterocycles. The quantitative estimate of drug-likeness (QED) is 0.444. The van der Waals surface area contributed by atoms with E-state index in [1.165, 1.54) is 12.8 Å². The summed E-state index contributed by atoms with van der Waals surface area (Å²) in [5.74, 6) is 2.66. The number of hydrogen-bond donors (Lipinski definition) is 3. The van der Waals surface area contributed by atoms with Crippen LogP contribution in [0.2, 0.25) is 0 Å². The first-order chi connectivity index (χ1) is 13.1. The second kappa shape index (κ2) is 9.48. The summed E-state index contributed by atoms with van der Waals surface area (Å²) in [6, 6.07) is 0. The van der Waals surface area contributed by atoms with Crippen LogP contribution in [0.25, 0.3) is 0 Å². The van der Waals surface area contributed by atoms with Crippen LogP contribution in [0.4, 0.5) is 0 Å². The van der Waals surface area contributed by atoms with Crippen molar-refractivity contribution in [3.8, 4) is 0 Å². The molecule has 0 aromatic carbocycles. The third-order valence-corrected chi connectivity index (χ3v) is 4.96. The molecule has 152 valence electrons. The van der Waals surface area contributed by atoms with E-state index in [-0.39, 0.29) is 0 Å². The molecule has 0 amide bonds. The van der Waals surface area contributed by atoms with Crippen LogP contribution in [0.15, 0.2) is 4.99 Å². The van der Waals surface area contributed by atoms with Crippen LogP contribution in [0.5, 0.6) is 0 Å². The number of guanidine groups is 1. The molecule has 1 atom stereocenters. The van der Waals surface area contributed by atoms with Gasteiger partial charge in [-0.15, -0.1) is 10.2 Å². The molecule has 3 heterocycles. The summed E-state index contributed by atoms with van der Waals surface area (Å²) < 4.78 is 7.56. The van der Waals surface area contributed by atoms with Gasteiger partial charge in [-0.3, -0.25) is 4.90 Å². The number of morpholine rings is 1. The van der Waals surface area contributed by atoms with E-state index in [2.05, 4.69) is 35.3 Å². The molecule has 1 fully saturated rings. The maximum absolute atomic E-state index is 10.7. The standard InChI is InChI=1S/C18H33N7O2/c1-3-19-17(20-12-16-23-22-15-6-4-5-7-25(15)16)21-13-18(2,26)14-24-8-10-27-11-9-24/h26H,3-14H2,1-2H3,(H2,19,20,21). The zero-order chi connectivity index (χ0) is 19.1. The molecule has 1 aromatic rings. The largest absolute Gasteiger partial charge is 0.387 e. The molecule has 0 spiro atoms. The number of aromatic nitrogens is 3. The molecular weight excluding hydrogens is 346 g/mol. The molecule has 0 bridgehead atoms. The van der Waals surface area contributed by atoms with E-state index < -0.39 is 5.60 Å². The van der Waals surface area contributed by atoms with E-state index in [1.807, 2.05) is 13.8 Å². The van der Waals surface area contributed by atoms with E-state index in [1.54, 1.807) is 0 Å². The normalized spacial score (nSPS) is 20.8. The van der Waals surface area contributed by atoms with Crippen molar-refractivity contribution in [2.75, 3.05) is 45.9 Å². The SMILES string of the molecule is CCNC(=NCc1nnc2n1CCCC2)NCC(C)(O)CN1CCOCC1. The Morgan fingerprint density at radius 3 is 2.81 bits per heavy atom. The molecule has 0 saturated carbocycles. The third-order valence-electron chi connectivity index (χ3n) is 4.96. The maximum atomic E-state index is 10.7. The number of ether oxygens (including phenoxy) is 1. The zero-order valence-electron chi connectivity index (χ0n) is 16.6. The minimum absolute atomic E-state index is 0.425. The van der Waals surface area contributed by atoms with Crippen LogP contribution in [-0.2, 0) is 24.2 Å². The Kier molecular flexibility index (Phi) is 7.03. The van der Waals surface area contributed by atoms with Crippen LogP contribution >= 0.6 is 0 Å². The Morgan fingerprint density at radius 1 is 1.22 bits per heavy atom. The molecule has 9 heteroatoms. The molecule has 27 heavy (non-hydrogen) atoms. The number of rotatable bonds is 7. The number of aryl methyl sites for hydroxylation is 1. The fourth-order valence-corrected chi connectivity index (χ4v) is 3.55. The molecule has 1 saturated heterocycles. The van der Waals surface area contributed by atoms with Crippen molar-refractivity contribution in [2.45, 2.75) is 51.8 Å². The first-order valence-electron chi connectivity index (χ1n) is 10.0. The molecular formula is C18H33N7O2. The van der Waals surface area contributed by atoms with Gasteiger partial charge in [0, 0.05) is 45.7 Å². The van der Waals surface area contributed by atoms with E-state index >= 15 is 0 Å². The van der Waals surface area contributed by atoms with Crippen LogP contribution < -0.4 is 10.6 Å². The topological polar surface area (TPSA) is 99.8 Å². The Hall–Kier alpha value is -1.71. The second-order valence-electron chi connectivity index (χ2n) is 7.58. The highest BCUT2D eigenvalue weighted by Crippen LogP contribution is 2.14. The van der Waals surface area contributed by atoms with Crippen molar-refractivity contribution in [2.24, 2.45) is 4.99 Å². The molecule has 0 aliphatic carbocycles. The highest BCUT2D eigenvalue weighted by Gasteiger charge is 2.25. The van der Waals surface area contributed by atoms with E-state index in [4.69, 9.17) is 4.74 Å². The molecule has 2 aliphatic heterocycles. The lowest BCUT2D eigenvalue weighted by molar-refractivity contribution is -0.0201. The highest BCUT2D eigenvalue weighted by molar-refractivity contribution is 5.79. The lowest BCUT2D eigenvalue weighted by Crippen LogP contribution is -2.53. The van der Waals surface area contributed by atoms with Gasteiger partial charge in [0.2, 0.25) is 0 Å². The maximum Gasteiger partial charge on any atom is 0.191 e. The first-order valence-corrected chi connectivity index (χ1v) is 10.0. The summed E-state index contributed by atoms with van der Waals surface area (Å²) in [5.41, 5.74) is -0.846. The number of nitrogens with one attached hydrogen (secondary N) is 2. The first kappa shape index (κ1) is 20.0. The molecule has 9 nitrogen and oxygen atoms in total. The number of aliphatic imine (C=N–C) groups is 1. The van der Waals surface area contributed by atoms with Crippen molar-refractivity contribution in [1.29, 1.82) is 0 Å². The molecule has 3 N–H and O–H groups in total. The Balaban J connectivity index is 1.54. The fraction of sp³-hybridized carbons (Fsp3) is 0.833. The van der Waals surface area contributed by atoms with Crippen LogP contribution in [0, 0.1) is 0 Å². The van der Waals surface area contributed by atoms with Gasteiger partial charge in [0.15, 0.2) is 11.8 Å². The summed E-state index contributed by atoms with van der Waals surface area (Å²) in [4.78, 5) is 6.87. The monoisotopic (exact) mass is 379 g/mol. The smallest absolute Gasteiger partial charge is 0.191 e. The molecule has 2 aliphatic rings. The predicted octanol–water partition coefficient (Wildman–Crippen LogP) is -0.247. The van der Waals surface area contributed by atoms with Crippen molar-refractivity contribution in [3.05, 3.63) is 11.6 Å². The van der Waals surface area contributed by atoms with Gasteiger partial charge in [0.05, 0.1) is 18.8 Å². The lowest BCUT2D eigenvalue weighted by atomic mass is 10.1. The van der Waals surface area contributed by atoms with E-state index in [0.29, 0.717) is 25.6 Å². The van der Waals surface area contributed by atoms with E-state index in [0.717, 1.165) is 57.5 Å². The summed E-state index contributed by atoms with van der Waals surface area (Å²) in [5, 5.41) is 25.8. The fourth-order valence-electron chi connectivity index (χ4n) is 3.55. The summed E-state index contributed by atoms with van der Waals surface area (Å²) >= 11 is 0. The summed E-state index contributed by atoms with van der Waals surface area (Å²) in [7, 11) is 0. The summed E-state index contributed by atoms with van der Waals surface area (Å²) in [6.45, 7) is 10.3. The number of hydrogen-bond acceptors (Lipinski definition) is 6. The van der Waals surface area contributed by atoms with Gasteiger partial charge in [-0.05, 0) is 26.7 Å². The number of fused-ring (bicyclic) bond motifs is 1. The summed E-state index contributed by atoms with van der Waals surface area (Å²) in [6.07, 6.45) is 3.35. The predicted molar refractivity (Wildman–Crippen MR) is 104 cm³/mol. The Morgan fingerprint density at radius 2 is 2.04 bits per heavy atom. The number of nitrogens with zero attached hydrogens (tertiary/aromatic N) is 5. The lowest BCUT2D eigenvalue weighted by Gasteiger charge is -2.34. The van der Waals surface area contributed by atoms with Gasteiger partial charge in [-0.2, -0.15) is 0 Å². The van der Waals surface area contributed by atoms with Gasteiger partial charge in [0.25, 0.3) is 0 Å². The zero-order valence-corrected chi connectivity index (χ0v) is 16.6. The van der Waals surface area contributed by atoms with E-state index in [9.17, 15) is 5.11 Å². The van der Waals surface area contributed by atoms with Crippen LogP contribution in [-0.4, -0.2) is 82.3 Å². The van der Waals surface area contributed by atoms with Gasteiger partial charge in [-0.1, -0.05) is 0 Å². The minimum atomic E-state index is -0.846. The molecule has 1 unspecified atom stereocenters. The van der Waals surface area contributed by atoms with Crippen LogP contribution in [0.1, 0.15) is 38.3 Å². The van der Waals surface area contributed by atoms with Gasteiger partial charge in [-0.25, -0.2) is 4.99 Å². The van der Waals surface area contributed by atoms with Gasteiger partial charge >= 0.3 is 0 Å². The molecule has 3 rings (SSSR count). The Bertz CT molecular complexity index is 623. The highest BCUT2D eigenvalue weighted by atomic mass is 16.5. The second-order valence-corrected chi connectivity index (χ2v) is 7.58. The van der Waals surface area contributed by atoms with Crippen molar-refractivity contribution >= 4 is 5.96 Å². The molecule has 0 radical (unpaired) electrons. The number of β-amino-alcohol motifs (C(OH)–C–C–N with tert-alkyl or cyclic N) is 1.